The van der Waals surface area contributed by atoms with Crippen molar-refractivity contribution < 1.29 is 24.5 Å². The second-order valence-corrected chi connectivity index (χ2v) is 5.77. The third-order valence-electron chi connectivity index (χ3n) is 4.05. The molecule has 0 saturated heterocycles. The van der Waals surface area contributed by atoms with Crippen molar-refractivity contribution in [3.8, 4) is 11.5 Å². The number of carbonyl (C=O) groups is 2. The molecular weight excluding hydrogens is 346 g/mol. The zero-order chi connectivity index (χ0) is 19.4. The molecule has 6 heteroatoms. The lowest BCUT2D eigenvalue weighted by Crippen LogP contribution is -2.27. The molecule has 1 amide bonds. The van der Waals surface area contributed by atoms with E-state index in [-0.39, 0.29) is 17.0 Å². The number of hydrogen-bond donors (Lipinski definition) is 3. The van der Waals surface area contributed by atoms with E-state index in [0.717, 1.165) is 5.39 Å². The van der Waals surface area contributed by atoms with Crippen molar-refractivity contribution in [3.63, 3.8) is 0 Å². The topological polar surface area (TPSA) is 95.9 Å². The average molecular weight is 363 g/mol. The number of carboxylic acids is 1. The fourth-order valence-corrected chi connectivity index (χ4v) is 2.67. The number of fused-ring (bicyclic) bond motifs is 1. The van der Waals surface area contributed by atoms with Crippen molar-refractivity contribution in [1.82, 2.24) is 5.32 Å². The molecule has 3 N–H and O–H groups in total. The Labute approximate surface area is 155 Å². The van der Waals surface area contributed by atoms with Gasteiger partial charge in [-0.05, 0) is 47.2 Å². The number of methoxy groups -OCH3 is 1. The van der Waals surface area contributed by atoms with Gasteiger partial charge in [0, 0.05) is 11.1 Å². The van der Waals surface area contributed by atoms with Gasteiger partial charge < -0.3 is 20.3 Å². The maximum Gasteiger partial charge on any atom is 0.352 e. The van der Waals surface area contributed by atoms with E-state index in [1.807, 2.05) is 0 Å². The molecule has 0 saturated carbocycles. The number of phenols is 1. The molecule has 0 spiro atoms. The molecule has 0 fully saturated rings. The molecule has 136 valence electrons. The van der Waals surface area contributed by atoms with E-state index in [2.05, 4.69) is 5.32 Å². The Morgan fingerprint density at radius 1 is 1.04 bits per heavy atom. The third kappa shape index (κ3) is 3.90. The Morgan fingerprint density at radius 3 is 2.41 bits per heavy atom. The van der Waals surface area contributed by atoms with E-state index in [4.69, 9.17) is 4.74 Å². The number of benzene rings is 3. The van der Waals surface area contributed by atoms with Gasteiger partial charge >= 0.3 is 5.97 Å². The average Bonchev–Trinajstić information content (AvgIpc) is 2.69. The molecule has 3 aromatic rings. The Morgan fingerprint density at radius 2 is 1.74 bits per heavy atom. The highest BCUT2D eigenvalue weighted by Crippen LogP contribution is 2.31. The number of aliphatic carboxylic acids is 1. The molecule has 0 radical (unpaired) electrons. The molecule has 0 heterocycles. The van der Waals surface area contributed by atoms with Crippen LogP contribution in [0.1, 0.15) is 15.9 Å². The predicted octanol–water partition coefficient (Wildman–Crippen LogP) is 3.41. The van der Waals surface area contributed by atoms with Gasteiger partial charge in [0.2, 0.25) is 0 Å². The van der Waals surface area contributed by atoms with Crippen molar-refractivity contribution >= 4 is 28.7 Å². The van der Waals surface area contributed by atoms with Crippen molar-refractivity contribution in [2.24, 2.45) is 0 Å². The van der Waals surface area contributed by atoms with Gasteiger partial charge in [-0.3, -0.25) is 4.79 Å². The van der Waals surface area contributed by atoms with Gasteiger partial charge in [-0.15, -0.1) is 0 Å². The van der Waals surface area contributed by atoms with E-state index in [1.54, 1.807) is 54.6 Å². The Bertz CT molecular complexity index is 1040. The normalized spacial score (nSPS) is 11.2. The number of rotatable bonds is 5. The Hall–Kier alpha value is -3.80. The van der Waals surface area contributed by atoms with Crippen molar-refractivity contribution in [1.29, 1.82) is 0 Å². The maximum atomic E-state index is 12.3. The van der Waals surface area contributed by atoms with Crippen LogP contribution in [0.3, 0.4) is 0 Å². The second-order valence-electron chi connectivity index (χ2n) is 5.77. The number of phenolic OH excluding ortho intramolecular Hbond substituents is 1. The molecule has 6 nitrogen and oxygen atoms in total. The van der Waals surface area contributed by atoms with Crippen molar-refractivity contribution in [3.05, 3.63) is 77.5 Å². The zero-order valence-corrected chi connectivity index (χ0v) is 14.5. The lowest BCUT2D eigenvalue weighted by Gasteiger charge is -2.10. The molecule has 27 heavy (non-hydrogen) atoms. The number of carboxylic acid groups (broad SMARTS) is 1. The first kappa shape index (κ1) is 18.0. The van der Waals surface area contributed by atoms with Crippen LogP contribution in [-0.2, 0) is 4.79 Å². The number of carbonyl (C=O) groups excluding carboxylic acids is 1. The molecule has 0 aromatic heterocycles. The van der Waals surface area contributed by atoms with E-state index in [1.165, 1.54) is 19.3 Å². The molecule has 3 aromatic carbocycles. The molecule has 3 rings (SSSR count). The standard InChI is InChI=1S/C21H17NO5/c1-27-15-9-7-13-8-10-19(23)17(16(13)11-15)12-18(21(25)26)22-20(24)14-5-3-2-4-6-14/h2-12,23H,1H3,(H,22,24)(H,25,26)/b18-12-. The molecule has 0 bridgehead atoms. The van der Waals surface area contributed by atoms with Crippen LogP contribution in [0.25, 0.3) is 16.8 Å². The van der Waals surface area contributed by atoms with Gasteiger partial charge in [0.25, 0.3) is 5.91 Å². The minimum Gasteiger partial charge on any atom is -0.507 e. The summed E-state index contributed by atoms with van der Waals surface area (Å²) in [7, 11) is 1.52. The van der Waals surface area contributed by atoms with Crippen LogP contribution in [0.2, 0.25) is 0 Å². The van der Waals surface area contributed by atoms with Crippen LogP contribution in [0, 0.1) is 0 Å². The summed E-state index contributed by atoms with van der Waals surface area (Å²) in [4.78, 5) is 24.0. The number of ether oxygens (including phenoxy) is 1. The van der Waals surface area contributed by atoms with Crippen LogP contribution in [0.4, 0.5) is 0 Å². The summed E-state index contributed by atoms with van der Waals surface area (Å²) in [5.74, 6) is -1.42. The zero-order valence-electron chi connectivity index (χ0n) is 14.5. The summed E-state index contributed by atoms with van der Waals surface area (Å²) < 4.78 is 5.20. The number of hydrogen-bond acceptors (Lipinski definition) is 4. The number of amides is 1. The van der Waals surface area contributed by atoms with Crippen molar-refractivity contribution in [2.75, 3.05) is 7.11 Å². The molecule has 0 unspecified atom stereocenters. The summed E-state index contributed by atoms with van der Waals surface area (Å²) >= 11 is 0. The van der Waals surface area contributed by atoms with Gasteiger partial charge in [-0.2, -0.15) is 0 Å². The van der Waals surface area contributed by atoms with E-state index in [0.29, 0.717) is 16.7 Å². The van der Waals surface area contributed by atoms with Crippen LogP contribution in [0.15, 0.2) is 66.4 Å². The monoisotopic (exact) mass is 363 g/mol. The Balaban J connectivity index is 2.07. The first-order valence-electron chi connectivity index (χ1n) is 8.10. The first-order chi connectivity index (χ1) is 13.0. The highest BCUT2D eigenvalue weighted by molar-refractivity contribution is 6.05. The minimum atomic E-state index is -1.32. The van der Waals surface area contributed by atoms with Crippen molar-refractivity contribution in [2.45, 2.75) is 0 Å². The number of aromatic hydroxyl groups is 1. The van der Waals surface area contributed by atoms with Gasteiger partial charge in [-0.25, -0.2) is 4.79 Å². The molecule has 0 atom stereocenters. The summed E-state index contributed by atoms with van der Waals surface area (Å²) in [6, 6.07) is 16.7. The Kier molecular flexibility index (Phi) is 5.08. The minimum absolute atomic E-state index is 0.108. The number of nitrogens with one attached hydrogen (secondary N) is 1. The lowest BCUT2D eigenvalue weighted by molar-refractivity contribution is -0.132. The van der Waals surface area contributed by atoms with Gasteiger partial charge in [0.05, 0.1) is 7.11 Å². The van der Waals surface area contributed by atoms with Gasteiger partial charge in [0.1, 0.15) is 17.2 Å². The highest BCUT2D eigenvalue weighted by atomic mass is 16.5. The van der Waals surface area contributed by atoms with Crippen LogP contribution < -0.4 is 10.1 Å². The summed E-state index contributed by atoms with van der Waals surface area (Å²) in [6.07, 6.45) is 1.24. The summed E-state index contributed by atoms with van der Waals surface area (Å²) in [5, 5.41) is 23.5. The van der Waals surface area contributed by atoms with E-state index >= 15 is 0 Å². The summed E-state index contributed by atoms with van der Waals surface area (Å²) in [5.41, 5.74) is 0.250. The SMILES string of the molecule is COc1ccc2ccc(O)c(/C=C(\NC(=O)c3ccccc3)C(=O)O)c2c1. The molecule has 0 aliphatic rings. The molecule has 0 aliphatic heterocycles. The summed E-state index contributed by atoms with van der Waals surface area (Å²) in [6.45, 7) is 0. The van der Waals surface area contributed by atoms with Gasteiger partial charge in [-0.1, -0.05) is 30.3 Å². The lowest BCUT2D eigenvalue weighted by atomic mass is 10.0. The largest absolute Gasteiger partial charge is 0.507 e. The fourth-order valence-electron chi connectivity index (χ4n) is 2.67. The third-order valence-corrected chi connectivity index (χ3v) is 4.05. The molecule has 0 aliphatic carbocycles. The van der Waals surface area contributed by atoms with Gasteiger partial charge in [0.15, 0.2) is 0 Å². The maximum absolute atomic E-state index is 12.3. The first-order valence-corrected chi connectivity index (χ1v) is 8.10. The smallest absolute Gasteiger partial charge is 0.352 e. The fraction of sp³-hybridized carbons (Fsp3) is 0.0476. The molecular formula is C21H17NO5. The predicted molar refractivity (Wildman–Crippen MR) is 102 cm³/mol. The van der Waals surface area contributed by atoms with Crippen LogP contribution in [0.5, 0.6) is 11.5 Å². The van der Waals surface area contributed by atoms with Crippen LogP contribution >= 0.6 is 0 Å². The quantitative estimate of drug-likeness (QED) is 0.604. The van der Waals surface area contributed by atoms with Crippen LogP contribution in [-0.4, -0.2) is 29.2 Å². The van der Waals surface area contributed by atoms with E-state index in [9.17, 15) is 19.8 Å². The highest BCUT2D eigenvalue weighted by Gasteiger charge is 2.15. The van der Waals surface area contributed by atoms with E-state index < -0.39 is 11.9 Å². The second kappa shape index (κ2) is 7.61.